The first-order valence-corrected chi connectivity index (χ1v) is 9.00. The SMILES string of the molecule is CCN(CC(=O)N(CC)C1CCCCC1)C1CCNCC1. The molecule has 0 radical (unpaired) electrons. The minimum Gasteiger partial charge on any atom is -0.339 e. The second-order valence-electron chi connectivity index (χ2n) is 6.52. The van der Waals surface area contributed by atoms with Crippen LogP contribution in [0.15, 0.2) is 0 Å². The van der Waals surface area contributed by atoms with Crippen molar-refractivity contribution in [2.75, 3.05) is 32.7 Å². The van der Waals surface area contributed by atoms with Gasteiger partial charge in [-0.05, 0) is 52.2 Å². The first kappa shape index (κ1) is 16.8. The molecule has 4 nitrogen and oxygen atoms in total. The van der Waals surface area contributed by atoms with Gasteiger partial charge in [-0.2, -0.15) is 0 Å². The molecule has 0 spiro atoms. The van der Waals surface area contributed by atoms with Crippen LogP contribution in [0.2, 0.25) is 0 Å². The number of rotatable bonds is 6. The summed E-state index contributed by atoms with van der Waals surface area (Å²) in [6.07, 6.45) is 8.70. The molecule has 0 unspecified atom stereocenters. The Bertz CT molecular complexity index is 309. The molecule has 4 heteroatoms. The van der Waals surface area contributed by atoms with Gasteiger partial charge in [-0.1, -0.05) is 26.2 Å². The highest BCUT2D eigenvalue weighted by Gasteiger charge is 2.27. The van der Waals surface area contributed by atoms with Gasteiger partial charge < -0.3 is 10.2 Å². The van der Waals surface area contributed by atoms with Gasteiger partial charge in [0.15, 0.2) is 0 Å². The van der Waals surface area contributed by atoms with Crippen LogP contribution in [-0.4, -0.2) is 60.5 Å². The molecule has 1 aliphatic carbocycles. The van der Waals surface area contributed by atoms with Crippen molar-refractivity contribution in [1.29, 1.82) is 0 Å². The Morgan fingerprint density at radius 3 is 2.19 bits per heavy atom. The first-order chi connectivity index (χ1) is 10.3. The molecule has 0 aromatic heterocycles. The third kappa shape index (κ3) is 4.68. The van der Waals surface area contributed by atoms with Gasteiger partial charge in [0.05, 0.1) is 6.54 Å². The van der Waals surface area contributed by atoms with Crippen molar-refractivity contribution in [3.05, 3.63) is 0 Å². The predicted octanol–water partition coefficient (Wildman–Crippen LogP) is 2.24. The van der Waals surface area contributed by atoms with E-state index >= 15 is 0 Å². The zero-order chi connectivity index (χ0) is 15.1. The molecule has 122 valence electrons. The summed E-state index contributed by atoms with van der Waals surface area (Å²) in [5, 5.41) is 3.41. The summed E-state index contributed by atoms with van der Waals surface area (Å²) >= 11 is 0. The van der Waals surface area contributed by atoms with Gasteiger partial charge in [0, 0.05) is 18.6 Å². The number of likely N-dealkylation sites (N-methyl/N-ethyl adjacent to an activating group) is 2. The Morgan fingerprint density at radius 2 is 1.62 bits per heavy atom. The zero-order valence-corrected chi connectivity index (χ0v) is 13.9. The van der Waals surface area contributed by atoms with E-state index in [0.29, 0.717) is 24.5 Å². The van der Waals surface area contributed by atoms with Crippen molar-refractivity contribution in [1.82, 2.24) is 15.1 Å². The Kier molecular flexibility index (Phi) is 6.97. The standard InChI is InChI=1S/C17H33N3O/c1-3-19(15-10-12-18-13-11-15)14-17(21)20(4-2)16-8-6-5-7-9-16/h15-16,18H,3-14H2,1-2H3. The summed E-state index contributed by atoms with van der Waals surface area (Å²) in [7, 11) is 0. The Balaban J connectivity index is 1.89. The fourth-order valence-corrected chi connectivity index (χ4v) is 3.97. The third-order valence-corrected chi connectivity index (χ3v) is 5.25. The van der Waals surface area contributed by atoms with E-state index in [2.05, 4.69) is 29.0 Å². The summed E-state index contributed by atoms with van der Waals surface area (Å²) < 4.78 is 0. The topological polar surface area (TPSA) is 35.6 Å². The summed E-state index contributed by atoms with van der Waals surface area (Å²) in [6, 6.07) is 1.09. The van der Waals surface area contributed by atoms with E-state index < -0.39 is 0 Å². The van der Waals surface area contributed by atoms with E-state index in [-0.39, 0.29) is 0 Å². The van der Waals surface area contributed by atoms with Gasteiger partial charge in [0.2, 0.25) is 5.91 Å². The molecule has 0 aromatic carbocycles. The van der Waals surface area contributed by atoms with E-state index in [4.69, 9.17) is 0 Å². The van der Waals surface area contributed by atoms with E-state index in [1.807, 2.05) is 0 Å². The normalized spacial score (nSPS) is 21.7. The number of nitrogens with zero attached hydrogens (tertiary/aromatic N) is 2. The van der Waals surface area contributed by atoms with Gasteiger partial charge in [-0.25, -0.2) is 0 Å². The number of nitrogens with one attached hydrogen (secondary N) is 1. The Labute approximate surface area is 130 Å². The monoisotopic (exact) mass is 295 g/mol. The molecule has 1 heterocycles. The van der Waals surface area contributed by atoms with Crippen LogP contribution in [0.25, 0.3) is 0 Å². The third-order valence-electron chi connectivity index (χ3n) is 5.25. The van der Waals surface area contributed by atoms with E-state index in [9.17, 15) is 4.79 Å². The van der Waals surface area contributed by atoms with Gasteiger partial charge >= 0.3 is 0 Å². The minimum absolute atomic E-state index is 0.352. The molecule has 2 aliphatic rings. The highest BCUT2D eigenvalue weighted by molar-refractivity contribution is 5.78. The lowest BCUT2D eigenvalue weighted by Crippen LogP contribution is -2.50. The average molecular weight is 295 g/mol. The largest absolute Gasteiger partial charge is 0.339 e. The van der Waals surface area contributed by atoms with Crippen LogP contribution in [0.3, 0.4) is 0 Å². The van der Waals surface area contributed by atoms with Crippen molar-refractivity contribution in [3.8, 4) is 0 Å². The number of hydrogen-bond acceptors (Lipinski definition) is 3. The van der Waals surface area contributed by atoms with Crippen molar-refractivity contribution in [3.63, 3.8) is 0 Å². The second-order valence-corrected chi connectivity index (χ2v) is 6.52. The highest BCUT2D eigenvalue weighted by atomic mass is 16.2. The summed E-state index contributed by atoms with van der Waals surface area (Å²) in [5.41, 5.74) is 0. The fraction of sp³-hybridized carbons (Fsp3) is 0.941. The summed E-state index contributed by atoms with van der Waals surface area (Å²) in [4.78, 5) is 17.3. The van der Waals surface area contributed by atoms with Crippen LogP contribution in [0.1, 0.15) is 58.8 Å². The number of hydrogen-bond donors (Lipinski definition) is 1. The predicted molar refractivity (Wildman–Crippen MR) is 87.4 cm³/mol. The van der Waals surface area contributed by atoms with E-state index in [1.165, 1.54) is 44.9 Å². The zero-order valence-electron chi connectivity index (χ0n) is 13.9. The number of amides is 1. The summed E-state index contributed by atoms with van der Waals surface area (Å²) in [6.45, 7) is 8.97. The van der Waals surface area contributed by atoms with Crippen LogP contribution >= 0.6 is 0 Å². The molecule has 0 bridgehead atoms. The maximum Gasteiger partial charge on any atom is 0.236 e. The molecule has 0 aromatic rings. The molecular weight excluding hydrogens is 262 g/mol. The van der Waals surface area contributed by atoms with Gasteiger partial charge in [-0.3, -0.25) is 9.69 Å². The molecule has 21 heavy (non-hydrogen) atoms. The van der Waals surface area contributed by atoms with Crippen LogP contribution in [0.4, 0.5) is 0 Å². The maximum absolute atomic E-state index is 12.8. The highest BCUT2D eigenvalue weighted by Crippen LogP contribution is 2.23. The molecule has 1 N–H and O–H groups in total. The number of piperidine rings is 1. The van der Waals surface area contributed by atoms with Crippen LogP contribution in [0.5, 0.6) is 0 Å². The Morgan fingerprint density at radius 1 is 0.952 bits per heavy atom. The molecule has 1 amide bonds. The van der Waals surface area contributed by atoms with Gasteiger partial charge in [0.1, 0.15) is 0 Å². The molecule has 1 saturated carbocycles. The Hall–Kier alpha value is -0.610. The molecular formula is C17H33N3O. The quantitative estimate of drug-likeness (QED) is 0.816. The first-order valence-electron chi connectivity index (χ1n) is 9.00. The van der Waals surface area contributed by atoms with Crippen LogP contribution in [-0.2, 0) is 4.79 Å². The minimum atomic E-state index is 0.352. The molecule has 2 fully saturated rings. The smallest absolute Gasteiger partial charge is 0.236 e. The van der Waals surface area contributed by atoms with E-state index in [1.54, 1.807) is 0 Å². The lowest BCUT2D eigenvalue weighted by molar-refractivity contribution is -0.135. The van der Waals surface area contributed by atoms with Crippen molar-refractivity contribution < 1.29 is 4.79 Å². The van der Waals surface area contributed by atoms with E-state index in [0.717, 1.165) is 26.2 Å². The van der Waals surface area contributed by atoms with Gasteiger partial charge in [0.25, 0.3) is 0 Å². The molecule has 1 aliphatic heterocycles. The molecule has 1 saturated heterocycles. The average Bonchev–Trinajstić information content (AvgIpc) is 2.55. The molecule has 2 rings (SSSR count). The molecule has 0 atom stereocenters. The summed E-state index contributed by atoms with van der Waals surface area (Å²) in [5.74, 6) is 0.352. The van der Waals surface area contributed by atoms with Crippen molar-refractivity contribution in [2.45, 2.75) is 70.9 Å². The van der Waals surface area contributed by atoms with Crippen molar-refractivity contribution >= 4 is 5.91 Å². The van der Waals surface area contributed by atoms with Crippen LogP contribution < -0.4 is 5.32 Å². The van der Waals surface area contributed by atoms with Crippen molar-refractivity contribution in [2.24, 2.45) is 0 Å². The van der Waals surface area contributed by atoms with Gasteiger partial charge in [-0.15, -0.1) is 0 Å². The lowest BCUT2D eigenvalue weighted by atomic mass is 9.94. The number of carbonyl (C=O) groups is 1. The van der Waals surface area contributed by atoms with Crippen LogP contribution in [0, 0.1) is 0 Å². The lowest BCUT2D eigenvalue weighted by Gasteiger charge is -2.38. The second kappa shape index (κ2) is 8.74. The maximum atomic E-state index is 12.8. The number of carbonyl (C=O) groups excluding carboxylic acids is 1. The fourth-order valence-electron chi connectivity index (χ4n) is 3.97.